The van der Waals surface area contributed by atoms with E-state index in [9.17, 15) is 13.2 Å². The molecule has 0 aliphatic carbocycles. The molecule has 0 aliphatic rings. The first-order valence-electron chi connectivity index (χ1n) is 5.75. The minimum atomic E-state index is -4.55. The minimum absolute atomic E-state index is 0.0589. The normalized spacial score (nSPS) is 11.4. The first-order valence-corrected chi connectivity index (χ1v) is 6.13. The Morgan fingerprint density at radius 2 is 1.85 bits per heavy atom. The van der Waals surface area contributed by atoms with Crippen molar-refractivity contribution < 1.29 is 13.2 Å². The van der Waals surface area contributed by atoms with E-state index in [1.54, 1.807) is 0 Å². The van der Waals surface area contributed by atoms with Gasteiger partial charge in [0.2, 0.25) is 5.95 Å². The molecule has 0 saturated carbocycles. The van der Waals surface area contributed by atoms with Gasteiger partial charge in [0.15, 0.2) is 0 Å². The number of hydrogen-bond acceptors (Lipinski definition) is 3. The topological polar surface area (TPSA) is 37.8 Å². The van der Waals surface area contributed by atoms with Crippen molar-refractivity contribution in [2.24, 2.45) is 0 Å². The summed E-state index contributed by atoms with van der Waals surface area (Å²) in [6, 6.07) is 7.71. The molecule has 0 amide bonds. The zero-order chi connectivity index (χ0) is 14.8. The Morgan fingerprint density at radius 1 is 1.20 bits per heavy atom. The lowest BCUT2D eigenvalue weighted by atomic mass is 10.1. The number of nitrogens with one attached hydrogen (secondary N) is 1. The van der Waals surface area contributed by atoms with Gasteiger partial charge in [0.05, 0.1) is 0 Å². The molecule has 0 fully saturated rings. The number of hydrogen-bond donors (Lipinski definition) is 1. The Kier molecular flexibility index (Phi) is 4.13. The highest BCUT2D eigenvalue weighted by Crippen LogP contribution is 2.33. The molecule has 0 atom stereocenters. The minimum Gasteiger partial charge on any atom is -0.350 e. The van der Waals surface area contributed by atoms with Crippen molar-refractivity contribution in [2.45, 2.75) is 19.6 Å². The summed E-state index contributed by atoms with van der Waals surface area (Å²) in [6.07, 6.45) is -3.88. The van der Waals surface area contributed by atoms with Crippen molar-refractivity contribution in [3.05, 3.63) is 52.3 Å². The van der Waals surface area contributed by atoms with E-state index in [4.69, 9.17) is 11.6 Å². The molecular formula is C13H11ClF3N3. The van der Waals surface area contributed by atoms with Crippen molar-refractivity contribution in [3.63, 3.8) is 0 Å². The van der Waals surface area contributed by atoms with Crippen molar-refractivity contribution >= 4 is 17.5 Å². The van der Waals surface area contributed by atoms with E-state index >= 15 is 0 Å². The number of benzene rings is 1. The second-order valence-corrected chi connectivity index (χ2v) is 4.59. The number of aromatic nitrogens is 2. The highest BCUT2D eigenvalue weighted by Gasteiger charge is 2.34. The fraction of sp³-hybridized carbons (Fsp3) is 0.231. The Balaban J connectivity index is 2.07. The van der Waals surface area contributed by atoms with E-state index in [-0.39, 0.29) is 5.95 Å². The SMILES string of the molecule is Cc1ccc(CNc2ncc(C(F)(F)F)c(Cl)n2)cc1. The van der Waals surface area contributed by atoms with Crippen LogP contribution in [0.5, 0.6) is 0 Å². The van der Waals surface area contributed by atoms with Gasteiger partial charge in [-0.25, -0.2) is 9.97 Å². The standard InChI is InChI=1S/C13H11ClF3N3/c1-8-2-4-9(5-3-8)6-18-12-19-7-10(11(14)20-12)13(15,16)17/h2-5,7H,6H2,1H3,(H,18,19,20). The zero-order valence-electron chi connectivity index (χ0n) is 10.5. The monoisotopic (exact) mass is 301 g/mol. The van der Waals surface area contributed by atoms with Gasteiger partial charge in [0.25, 0.3) is 0 Å². The first-order chi connectivity index (χ1) is 9.36. The van der Waals surface area contributed by atoms with Crippen LogP contribution < -0.4 is 5.32 Å². The van der Waals surface area contributed by atoms with Crippen LogP contribution in [0.25, 0.3) is 0 Å². The number of halogens is 4. The van der Waals surface area contributed by atoms with E-state index < -0.39 is 16.9 Å². The van der Waals surface area contributed by atoms with Crippen molar-refractivity contribution in [1.82, 2.24) is 9.97 Å². The maximum atomic E-state index is 12.5. The predicted molar refractivity (Wildman–Crippen MR) is 70.5 cm³/mol. The summed E-state index contributed by atoms with van der Waals surface area (Å²) in [4.78, 5) is 7.21. The Morgan fingerprint density at radius 3 is 2.40 bits per heavy atom. The molecule has 0 aliphatic heterocycles. The molecule has 1 N–H and O–H groups in total. The number of anilines is 1. The molecule has 1 heterocycles. The van der Waals surface area contributed by atoms with E-state index in [1.807, 2.05) is 31.2 Å². The highest BCUT2D eigenvalue weighted by molar-refractivity contribution is 6.30. The van der Waals surface area contributed by atoms with Gasteiger partial charge in [0, 0.05) is 12.7 Å². The fourth-order valence-electron chi connectivity index (χ4n) is 1.52. The average molecular weight is 302 g/mol. The maximum Gasteiger partial charge on any atom is 0.420 e. The van der Waals surface area contributed by atoms with Crippen LogP contribution >= 0.6 is 11.6 Å². The molecule has 1 aromatic heterocycles. The van der Waals surface area contributed by atoms with Crippen LogP contribution in [0.1, 0.15) is 16.7 Å². The summed E-state index contributed by atoms with van der Waals surface area (Å²) in [5, 5.41) is 2.21. The van der Waals surface area contributed by atoms with Gasteiger partial charge in [-0.15, -0.1) is 0 Å². The third-order valence-electron chi connectivity index (χ3n) is 2.62. The summed E-state index contributed by atoms with van der Waals surface area (Å²) in [6.45, 7) is 2.37. The van der Waals surface area contributed by atoms with Gasteiger partial charge in [-0.2, -0.15) is 13.2 Å². The quantitative estimate of drug-likeness (QED) is 0.868. The van der Waals surface area contributed by atoms with Crippen molar-refractivity contribution in [1.29, 1.82) is 0 Å². The molecule has 106 valence electrons. The Labute approximate surface area is 118 Å². The molecule has 20 heavy (non-hydrogen) atoms. The lowest BCUT2D eigenvalue weighted by molar-refractivity contribution is -0.137. The predicted octanol–water partition coefficient (Wildman–Crippen LogP) is 4.07. The van der Waals surface area contributed by atoms with Gasteiger partial charge in [0.1, 0.15) is 10.7 Å². The van der Waals surface area contributed by atoms with Crippen LogP contribution in [0.15, 0.2) is 30.5 Å². The van der Waals surface area contributed by atoms with Gasteiger partial charge in [-0.1, -0.05) is 41.4 Å². The van der Waals surface area contributed by atoms with Gasteiger partial charge < -0.3 is 5.32 Å². The van der Waals surface area contributed by atoms with Crippen LogP contribution in [-0.4, -0.2) is 9.97 Å². The zero-order valence-corrected chi connectivity index (χ0v) is 11.3. The lowest BCUT2D eigenvalue weighted by Crippen LogP contribution is -2.10. The molecule has 7 heteroatoms. The summed E-state index contributed by atoms with van der Waals surface area (Å²) in [5.74, 6) is 0.0589. The number of nitrogens with zero attached hydrogens (tertiary/aromatic N) is 2. The highest BCUT2D eigenvalue weighted by atomic mass is 35.5. The molecule has 0 spiro atoms. The Hall–Kier alpha value is -1.82. The van der Waals surface area contributed by atoms with Gasteiger partial charge in [-0.05, 0) is 12.5 Å². The fourth-order valence-corrected chi connectivity index (χ4v) is 1.76. The molecule has 0 radical (unpaired) electrons. The summed E-state index contributed by atoms with van der Waals surface area (Å²) < 4.78 is 37.5. The maximum absolute atomic E-state index is 12.5. The smallest absolute Gasteiger partial charge is 0.350 e. The average Bonchev–Trinajstić information content (AvgIpc) is 2.36. The first kappa shape index (κ1) is 14.6. The third kappa shape index (κ3) is 3.60. The van der Waals surface area contributed by atoms with E-state index in [2.05, 4.69) is 15.3 Å². The third-order valence-corrected chi connectivity index (χ3v) is 2.91. The van der Waals surface area contributed by atoms with Crippen molar-refractivity contribution in [2.75, 3.05) is 5.32 Å². The van der Waals surface area contributed by atoms with E-state index in [0.717, 1.165) is 11.1 Å². The molecule has 1 aromatic carbocycles. The molecule has 2 rings (SSSR count). The van der Waals surface area contributed by atoms with Gasteiger partial charge in [-0.3, -0.25) is 0 Å². The molecule has 0 unspecified atom stereocenters. The molecular weight excluding hydrogens is 291 g/mol. The number of aryl methyl sites for hydroxylation is 1. The van der Waals surface area contributed by atoms with Crippen LogP contribution in [0.2, 0.25) is 5.15 Å². The van der Waals surface area contributed by atoms with E-state index in [0.29, 0.717) is 12.7 Å². The van der Waals surface area contributed by atoms with Gasteiger partial charge >= 0.3 is 6.18 Å². The second kappa shape index (κ2) is 5.66. The Bertz CT molecular complexity index is 597. The van der Waals surface area contributed by atoms with Crippen LogP contribution in [0.4, 0.5) is 19.1 Å². The van der Waals surface area contributed by atoms with E-state index in [1.165, 1.54) is 0 Å². The summed E-state index contributed by atoms with van der Waals surface area (Å²) in [7, 11) is 0. The molecule has 2 aromatic rings. The summed E-state index contributed by atoms with van der Waals surface area (Å²) in [5.41, 5.74) is 1.05. The molecule has 0 bridgehead atoms. The summed E-state index contributed by atoms with van der Waals surface area (Å²) >= 11 is 5.51. The van der Waals surface area contributed by atoms with Crippen molar-refractivity contribution in [3.8, 4) is 0 Å². The van der Waals surface area contributed by atoms with Crippen LogP contribution in [-0.2, 0) is 12.7 Å². The second-order valence-electron chi connectivity index (χ2n) is 4.24. The molecule has 3 nitrogen and oxygen atoms in total. The van der Waals surface area contributed by atoms with Crippen LogP contribution in [0, 0.1) is 6.92 Å². The van der Waals surface area contributed by atoms with Crippen LogP contribution in [0.3, 0.4) is 0 Å². The largest absolute Gasteiger partial charge is 0.420 e. The number of alkyl halides is 3. The number of rotatable bonds is 3. The lowest BCUT2D eigenvalue weighted by Gasteiger charge is -2.10. The molecule has 0 saturated heterocycles.